The van der Waals surface area contributed by atoms with Gasteiger partial charge in [0.05, 0.1) is 11.3 Å². The Balaban J connectivity index is 2.14. The Morgan fingerprint density at radius 1 is 1.40 bits per heavy atom. The molecule has 5 nitrogen and oxygen atoms in total. The van der Waals surface area contributed by atoms with Gasteiger partial charge in [0.2, 0.25) is 5.89 Å². The second-order valence-electron chi connectivity index (χ2n) is 4.77. The van der Waals surface area contributed by atoms with E-state index in [-0.39, 0.29) is 6.42 Å². The van der Waals surface area contributed by atoms with Crippen LogP contribution in [0.3, 0.4) is 0 Å². The maximum atomic E-state index is 10.8. The molecule has 0 unspecified atom stereocenters. The lowest BCUT2D eigenvalue weighted by molar-refractivity contribution is -0.136. The van der Waals surface area contributed by atoms with Crippen molar-refractivity contribution < 1.29 is 14.3 Å². The van der Waals surface area contributed by atoms with Crippen LogP contribution in [0, 0.1) is 6.92 Å². The number of oxazole rings is 1. The van der Waals surface area contributed by atoms with Crippen molar-refractivity contribution in [3.8, 4) is 11.5 Å². The second kappa shape index (κ2) is 4.52. The van der Waals surface area contributed by atoms with Gasteiger partial charge in [-0.25, -0.2) is 4.98 Å². The Hall–Kier alpha value is -2.56. The summed E-state index contributed by atoms with van der Waals surface area (Å²) in [4.78, 5) is 15.1. The van der Waals surface area contributed by atoms with Crippen LogP contribution in [0.5, 0.6) is 0 Å². The molecule has 0 radical (unpaired) electrons. The average Bonchev–Trinajstić information content (AvgIpc) is 2.92. The Bertz CT molecular complexity index is 799. The minimum atomic E-state index is -0.922. The Morgan fingerprint density at radius 3 is 2.90 bits per heavy atom. The molecule has 0 fully saturated rings. The number of carbonyl (C=O) groups is 1. The Kier molecular flexibility index (Phi) is 2.82. The highest BCUT2D eigenvalue weighted by Crippen LogP contribution is 2.30. The van der Waals surface area contributed by atoms with Crippen LogP contribution in [0.2, 0.25) is 0 Å². The van der Waals surface area contributed by atoms with Crippen molar-refractivity contribution >= 4 is 16.9 Å². The van der Waals surface area contributed by atoms with Gasteiger partial charge in [0.1, 0.15) is 12.2 Å². The minimum Gasteiger partial charge on any atom is -0.481 e. The number of benzene rings is 1. The zero-order valence-corrected chi connectivity index (χ0v) is 11.3. The van der Waals surface area contributed by atoms with E-state index < -0.39 is 5.97 Å². The number of hydrogen-bond acceptors (Lipinski definition) is 3. The number of carboxylic acid groups (broad SMARTS) is 1. The Morgan fingerprint density at radius 2 is 2.15 bits per heavy atom. The van der Waals surface area contributed by atoms with E-state index in [0.29, 0.717) is 17.3 Å². The largest absolute Gasteiger partial charge is 0.481 e. The van der Waals surface area contributed by atoms with E-state index in [0.717, 1.165) is 16.5 Å². The molecule has 1 aromatic carbocycles. The van der Waals surface area contributed by atoms with Crippen molar-refractivity contribution in [2.75, 3.05) is 0 Å². The van der Waals surface area contributed by atoms with Crippen molar-refractivity contribution in [3.63, 3.8) is 0 Å². The molecule has 102 valence electrons. The van der Waals surface area contributed by atoms with Crippen molar-refractivity contribution in [1.29, 1.82) is 0 Å². The standard InChI is InChI=1S/C15H14N2O3/c1-9-13(7-14(18)19)20-15(16-9)11-8-17(2)12-6-4-3-5-10(11)12/h3-6,8H,7H2,1-2H3,(H,18,19). The predicted octanol–water partition coefficient (Wildman–Crippen LogP) is 2.77. The summed E-state index contributed by atoms with van der Waals surface area (Å²) in [5, 5.41) is 9.90. The highest BCUT2D eigenvalue weighted by Gasteiger charge is 2.17. The third kappa shape index (κ3) is 1.97. The summed E-state index contributed by atoms with van der Waals surface area (Å²) in [7, 11) is 1.96. The summed E-state index contributed by atoms with van der Waals surface area (Å²) < 4.78 is 7.63. The molecule has 0 bridgehead atoms. The lowest BCUT2D eigenvalue weighted by Crippen LogP contribution is -1.99. The number of aryl methyl sites for hydroxylation is 2. The fraction of sp³-hybridized carbons (Fsp3) is 0.200. The summed E-state index contributed by atoms with van der Waals surface area (Å²) in [6, 6.07) is 7.95. The fourth-order valence-electron chi connectivity index (χ4n) is 2.36. The van der Waals surface area contributed by atoms with E-state index >= 15 is 0 Å². The van der Waals surface area contributed by atoms with Crippen molar-refractivity contribution in [3.05, 3.63) is 41.9 Å². The molecule has 0 aliphatic rings. The van der Waals surface area contributed by atoms with Crippen LogP contribution in [0.25, 0.3) is 22.4 Å². The predicted molar refractivity (Wildman–Crippen MR) is 74.5 cm³/mol. The van der Waals surface area contributed by atoms with E-state index in [1.807, 2.05) is 42.1 Å². The zero-order valence-electron chi connectivity index (χ0n) is 11.3. The molecule has 20 heavy (non-hydrogen) atoms. The lowest BCUT2D eigenvalue weighted by atomic mass is 10.2. The van der Waals surface area contributed by atoms with Crippen LogP contribution in [-0.2, 0) is 18.3 Å². The highest BCUT2D eigenvalue weighted by molar-refractivity contribution is 5.94. The molecule has 0 atom stereocenters. The molecule has 3 rings (SSSR count). The fourth-order valence-corrected chi connectivity index (χ4v) is 2.36. The van der Waals surface area contributed by atoms with Gasteiger partial charge in [-0.05, 0) is 13.0 Å². The number of para-hydroxylation sites is 1. The van der Waals surface area contributed by atoms with Crippen molar-refractivity contribution in [2.24, 2.45) is 7.05 Å². The van der Waals surface area contributed by atoms with Gasteiger partial charge in [-0.15, -0.1) is 0 Å². The monoisotopic (exact) mass is 270 g/mol. The number of carboxylic acids is 1. The normalized spacial score (nSPS) is 11.1. The van der Waals surface area contributed by atoms with Crippen LogP contribution in [-0.4, -0.2) is 20.6 Å². The Labute approximate surface area is 115 Å². The molecule has 2 heterocycles. The van der Waals surface area contributed by atoms with Gasteiger partial charge in [-0.3, -0.25) is 4.79 Å². The first kappa shape index (κ1) is 12.5. The molecule has 1 N–H and O–H groups in total. The topological polar surface area (TPSA) is 68.3 Å². The molecule has 0 saturated carbocycles. The molecule has 0 aliphatic heterocycles. The van der Waals surface area contributed by atoms with Gasteiger partial charge >= 0.3 is 5.97 Å². The molecule has 3 aromatic rings. The van der Waals surface area contributed by atoms with E-state index in [1.165, 1.54) is 0 Å². The molecular weight excluding hydrogens is 256 g/mol. The third-order valence-corrected chi connectivity index (χ3v) is 3.33. The van der Waals surface area contributed by atoms with Gasteiger partial charge in [0.25, 0.3) is 0 Å². The maximum absolute atomic E-state index is 10.8. The maximum Gasteiger partial charge on any atom is 0.311 e. The van der Waals surface area contributed by atoms with Crippen LogP contribution >= 0.6 is 0 Å². The van der Waals surface area contributed by atoms with Crippen molar-refractivity contribution in [2.45, 2.75) is 13.3 Å². The first-order chi connectivity index (χ1) is 9.56. The number of fused-ring (bicyclic) bond motifs is 1. The zero-order chi connectivity index (χ0) is 14.3. The first-order valence-corrected chi connectivity index (χ1v) is 6.29. The van der Waals surface area contributed by atoms with E-state index in [1.54, 1.807) is 6.92 Å². The van der Waals surface area contributed by atoms with E-state index in [4.69, 9.17) is 9.52 Å². The van der Waals surface area contributed by atoms with Crippen LogP contribution < -0.4 is 0 Å². The van der Waals surface area contributed by atoms with Gasteiger partial charge in [0.15, 0.2) is 0 Å². The molecule has 0 spiro atoms. The summed E-state index contributed by atoms with van der Waals surface area (Å²) in [6.07, 6.45) is 1.80. The average molecular weight is 270 g/mol. The summed E-state index contributed by atoms with van der Waals surface area (Å²) in [6.45, 7) is 1.76. The molecule has 0 amide bonds. The van der Waals surface area contributed by atoms with Crippen LogP contribution in [0.4, 0.5) is 0 Å². The van der Waals surface area contributed by atoms with Gasteiger partial charge in [0, 0.05) is 24.1 Å². The molecule has 2 aromatic heterocycles. The molecular formula is C15H14N2O3. The van der Waals surface area contributed by atoms with Crippen LogP contribution in [0.1, 0.15) is 11.5 Å². The van der Waals surface area contributed by atoms with Gasteiger partial charge in [-0.2, -0.15) is 0 Å². The quantitative estimate of drug-likeness (QED) is 0.794. The SMILES string of the molecule is Cc1nc(-c2cn(C)c3ccccc23)oc1CC(=O)O. The smallest absolute Gasteiger partial charge is 0.311 e. The highest BCUT2D eigenvalue weighted by atomic mass is 16.4. The van der Waals surface area contributed by atoms with Crippen LogP contribution in [0.15, 0.2) is 34.9 Å². The van der Waals surface area contributed by atoms with Gasteiger partial charge < -0.3 is 14.1 Å². The summed E-state index contributed by atoms with van der Waals surface area (Å²) >= 11 is 0. The van der Waals surface area contributed by atoms with E-state index in [2.05, 4.69) is 4.98 Å². The number of aromatic nitrogens is 2. The number of nitrogens with zero attached hydrogens (tertiary/aromatic N) is 2. The number of hydrogen-bond donors (Lipinski definition) is 1. The first-order valence-electron chi connectivity index (χ1n) is 6.29. The minimum absolute atomic E-state index is 0.149. The number of aliphatic carboxylic acids is 1. The molecule has 5 heteroatoms. The van der Waals surface area contributed by atoms with Crippen molar-refractivity contribution in [1.82, 2.24) is 9.55 Å². The molecule has 0 aliphatic carbocycles. The number of rotatable bonds is 3. The second-order valence-corrected chi connectivity index (χ2v) is 4.77. The molecule has 0 saturated heterocycles. The lowest BCUT2D eigenvalue weighted by Gasteiger charge is -1.93. The van der Waals surface area contributed by atoms with Gasteiger partial charge in [-0.1, -0.05) is 18.2 Å². The summed E-state index contributed by atoms with van der Waals surface area (Å²) in [5.41, 5.74) is 2.58. The van der Waals surface area contributed by atoms with E-state index in [9.17, 15) is 4.79 Å². The third-order valence-electron chi connectivity index (χ3n) is 3.33. The summed E-state index contributed by atoms with van der Waals surface area (Å²) in [5.74, 6) is -0.0512.